The van der Waals surface area contributed by atoms with Gasteiger partial charge in [0.1, 0.15) is 0 Å². The number of hydrogen-bond donors (Lipinski definition) is 0. The standard InChI is InChI=1S/C14H10Ge.2C12H27Si.C6H10Ge/c1-3-7-11(8-4-1)13-14(15-13)12-9-5-2-6-10-12;2*1-10(2,3)13(11(4,5)6)12(7,8)9;1-5-3-7-4-6(5)2/h1-10H;2*1-9H3;3-4H2,1-2H3. The summed E-state index contributed by atoms with van der Waals surface area (Å²) < 4.78 is 3.25. The molecule has 0 N–H and O–H groups in total. The van der Waals surface area contributed by atoms with Gasteiger partial charge in [-0.2, -0.15) is 0 Å². The van der Waals surface area contributed by atoms with Gasteiger partial charge in [0.25, 0.3) is 0 Å². The fourth-order valence-electron chi connectivity index (χ4n) is 9.23. The normalized spacial score (nSPS) is 15.8. The van der Waals surface area contributed by atoms with Crippen LogP contribution in [-0.4, -0.2) is 48.5 Å². The molecule has 0 fully saturated rings. The summed E-state index contributed by atoms with van der Waals surface area (Å²) in [6.07, 6.45) is 0. The maximum atomic E-state index is 2.40. The molecule has 0 saturated heterocycles. The van der Waals surface area contributed by atoms with Crippen molar-refractivity contribution in [2.45, 2.75) is 179 Å². The fourth-order valence-corrected chi connectivity index (χ4v) is 28.1. The molecular weight excluding hydrogens is 730 g/mol. The van der Waals surface area contributed by atoms with Gasteiger partial charge in [-0.25, -0.2) is 0 Å². The second kappa shape index (κ2) is 17.8. The molecule has 0 bridgehead atoms. The van der Waals surface area contributed by atoms with Gasteiger partial charge in [-0.15, -0.1) is 0 Å². The Bertz CT molecular complexity index is 1140. The van der Waals surface area contributed by atoms with E-state index in [-0.39, 0.29) is 15.4 Å². The van der Waals surface area contributed by atoms with Gasteiger partial charge in [0.15, 0.2) is 0 Å². The van der Waals surface area contributed by atoms with E-state index in [2.05, 4.69) is 199 Å². The molecule has 2 aliphatic rings. The number of hydrogen-bond acceptors (Lipinski definition) is 0. The quantitative estimate of drug-likeness (QED) is 0.210. The second-order valence-corrected chi connectivity index (χ2v) is 35.7. The van der Waals surface area contributed by atoms with Crippen molar-refractivity contribution in [3.05, 3.63) is 82.9 Å². The SMILES string of the molecule is CC(C)(C)[Si](C(C)(C)C)C(C)(C)C.CC(C)(C)[Si](C(C)(C)C)C(C)(C)C.CC1=C(C)[CH2][Ge][CH2]1.c1ccc([C]2=[C](c3ccccc3)[Ge]2)cc1. The van der Waals surface area contributed by atoms with Gasteiger partial charge in [-0.1, -0.05) is 125 Å². The molecule has 6 radical (unpaired) electrons. The van der Waals surface area contributed by atoms with Gasteiger partial charge in [0.2, 0.25) is 0 Å². The number of allylic oxidation sites excluding steroid dienone is 2. The van der Waals surface area contributed by atoms with Crippen molar-refractivity contribution in [2.24, 2.45) is 0 Å². The summed E-state index contributed by atoms with van der Waals surface area (Å²) in [5, 5.41) is 5.88. The molecule has 48 heavy (non-hydrogen) atoms. The van der Waals surface area contributed by atoms with E-state index in [1.54, 1.807) is 20.0 Å². The molecule has 2 aromatic rings. The first-order valence-electron chi connectivity index (χ1n) is 18.2. The first-order chi connectivity index (χ1) is 21.5. The molecule has 0 aliphatic carbocycles. The summed E-state index contributed by atoms with van der Waals surface area (Å²) >= 11 is 0.530. The van der Waals surface area contributed by atoms with E-state index in [1.807, 2.05) is 0 Å². The van der Waals surface area contributed by atoms with Crippen LogP contribution in [-0.2, 0) is 0 Å². The van der Waals surface area contributed by atoms with Crippen LogP contribution in [0.4, 0.5) is 0 Å². The van der Waals surface area contributed by atoms with Crippen LogP contribution in [0.25, 0.3) is 8.81 Å². The zero-order chi connectivity index (χ0) is 37.5. The average Bonchev–Trinajstić information content (AvgIpc) is 3.58. The first-order valence-corrected chi connectivity index (χ1v) is 26.3. The summed E-state index contributed by atoms with van der Waals surface area (Å²) in [6.45, 7) is 47.8. The number of rotatable bonds is 2. The van der Waals surface area contributed by atoms with Crippen LogP contribution in [0.15, 0.2) is 71.8 Å². The van der Waals surface area contributed by atoms with E-state index in [0.717, 1.165) is 0 Å². The Morgan fingerprint density at radius 3 is 0.771 bits per heavy atom. The van der Waals surface area contributed by atoms with E-state index < -0.39 is 17.6 Å². The van der Waals surface area contributed by atoms with Crippen molar-refractivity contribution in [3.8, 4) is 0 Å². The molecule has 0 nitrogen and oxygen atoms in total. The van der Waals surface area contributed by atoms with Gasteiger partial charge < -0.3 is 0 Å². The molecule has 0 amide bonds. The first kappa shape index (κ1) is 45.5. The van der Waals surface area contributed by atoms with Crippen LogP contribution in [0.1, 0.15) is 150 Å². The fraction of sp³-hybridized carbons (Fsp3) is 0.636. The third-order valence-electron chi connectivity index (χ3n) is 8.57. The third-order valence-corrected chi connectivity index (χ3v) is 23.6. The molecule has 2 aromatic carbocycles. The zero-order valence-electron chi connectivity index (χ0n) is 35.2. The molecular formula is C44H74Ge2Si2. The summed E-state index contributed by atoms with van der Waals surface area (Å²) in [5.74, 6) is 0. The van der Waals surface area contributed by atoms with Crippen LogP contribution < -0.4 is 0 Å². The van der Waals surface area contributed by atoms with Crippen LogP contribution in [0, 0.1) is 0 Å². The third kappa shape index (κ3) is 15.8. The molecule has 0 unspecified atom stereocenters. The molecule has 2 aliphatic heterocycles. The Hall–Kier alpha value is -0.561. The second-order valence-electron chi connectivity index (χ2n) is 20.0. The predicted molar refractivity (Wildman–Crippen MR) is 229 cm³/mol. The zero-order valence-corrected chi connectivity index (χ0v) is 41.4. The van der Waals surface area contributed by atoms with Crippen LogP contribution >= 0.6 is 0 Å². The Morgan fingerprint density at radius 2 is 0.625 bits per heavy atom. The summed E-state index contributed by atoms with van der Waals surface area (Å²) in [4.78, 5) is 0. The van der Waals surface area contributed by atoms with Crippen LogP contribution in [0.2, 0.25) is 40.7 Å². The molecule has 0 aromatic heterocycles. The van der Waals surface area contributed by atoms with Gasteiger partial charge in [-0.05, 0) is 30.2 Å². The molecule has 4 rings (SSSR count). The Morgan fingerprint density at radius 1 is 0.396 bits per heavy atom. The summed E-state index contributed by atoms with van der Waals surface area (Å²) in [7, 11) is -0.782. The predicted octanol–water partition coefficient (Wildman–Crippen LogP) is 14.9. The van der Waals surface area contributed by atoms with E-state index in [1.165, 1.54) is 21.6 Å². The van der Waals surface area contributed by atoms with Crippen molar-refractivity contribution in [2.75, 3.05) is 0 Å². The average molecular weight is 804 g/mol. The van der Waals surface area contributed by atoms with Crippen molar-refractivity contribution < 1.29 is 0 Å². The van der Waals surface area contributed by atoms with Gasteiger partial charge >= 0.3 is 147 Å². The van der Waals surface area contributed by atoms with E-state index in [0.29, 0.717) is 45.7 Å². The van der Waals surface area contributed by atoms with Crippen molar-refractivity contribution >= 4 is 57.3 Å². The molecule has 0 atom stereocenters. The minimum atomic E-state index is -0.391. The van der Waals surface area contributed by atoms with Gasteiger partial charge in [0, 0.05) is 0 Å². The van der Waals surface area contributed by atoms with Gasteiger partial charge in [0.05, 0.1) is 17.6 Å². The topological polar surface area (TPSA) is 0 Å². The van der Waals surface area contributed by atoms with E-state index in [4.69, 9.17) is 0 Å². The summed E-state index contributed by atoms with van der Waals surface area (Å²) in [6, 6.07) is 21.5. The molecule has 266 valence electrons. The van der Waals surface area contributed by atoms with Crippen molar-refractivity contribution in [1.29, 1.82) is 0 Å². The maximum absolute atomic E-state index is 2.40. The van der Waals surface area contributed by atoms with E-state index >= 15 is 0 Å². The molecule has 4 heteroatoms. The Balaban J connectivity index is 0.000000329. The van der Waals surface area contributed by atoms with Crippen LogP contribution in [0.5, 0.6) is 0 Å². The van der Waals surface area contributed by atoms with E-state index in [9.17, 15) is 0 Å². The minimum absolute atomic E-state index is 0.0530. The Labute approximate surface area is 317 Å². The van der Waals surface area contributed by atoms with Crippen molar-refractivity contribution in [3.63, 3.8) is 0 Å². The Kier molecular flexibility index (Phi) is 16.8. The monoisotopic (exact) mass is 806 g/mol. The van der Waals surface area contributed by atoms with Gasteiger partial charge in [-0.3, -0.25) is 0 Å². The number of benzene rings is 2. The summed E-state index contributed by atoms with van der Waals surface area (Å²) in [5.41, 5.74) is 6.22. The molecule has 2 heterocycles. The molecule has 0 spiro atoms. The molecule has 0 saturated carbocycles. The van der Waals surface area contributed by atoms with Crippen LogP contribution in [0.3, 0.4) is 0 Å². The van der Waals surface area contributed by atoms with Crippen molar-refractivity contribution in [1.82, 2.24) is 0 Å².